The molecule has 0 heterocycles. The molecule has 0 amide bonds. The molecule has 0 bridgehead atoms. The zero-order valence-electron chi connectivity index (χ0n) is 11.0. The van der Waals surface area contributed by atoms with Gasteiger partial charge < -0.3 is 10.8 Å². The molecule has 0 saturated heterocycles. The van der Waals surface area contributed by atoms with Crippen molar-refractivity contribution in [3.05, 3.63) is 70.9 Å². The Balaban J connectivity index is 2.26. The summed E-state index contributed by atoms with van der Waals surface area (Å²) in [6.45, 7) is 0. The van der Waals surface area contributed by atoms with E-state index in [1.807, 2.05) is 0 Å². The number of halogens is 1. The molecule has 5 heteroatoms. The zero-order chi connectivity index (χ0) is 15.2. The van der Waals surface area contributed by atoms with Gasteiger partial charge in [-0.1, -0.05) is 23.7 Å². The highest BCUT2D eigenvalue weighted by Gasteiger charge is 2.05. The number of aromatic carboxylic acids is 1. The van der Waals surface area contributed by atoms with Gasteiger partial charge in [-0.2, -0.15) is 0 Å². The van der Waals surface area contributed by atoms with Crippen molar-refractivity contribution in [3.8, 4) is 0 Å². The Morgan fingerprint density at radius 3 is 2.43 bits per heavy atom. The Kier molecular flexibility index (Phi) is 4.74. The molecule has 21 heavy (non-hydrogen) atoms. The van der Waals surface area contributed by atoms with E-state index >= 15 is 0 Å². The number of allylic oxidation sites excluding steroid dienone is 1. The lowest BCUT2D eigenvalue weighted by Gasteiger charge is -2.03. The average molecular weight is 301 g/mol. The van der Waals surface area contributed by atoms with E-state index in [4.69, 9.17) is 22.4 Å². The highest BCUT2D eigenvalue weighted by atomic mass is 35.5. The minimum absolute atomic E-state index is 0.201. The molecular weight excluding hydrogens is 288 g/mol. The molecule has 106 valence electrons. The predicted molar refractivity (Wildman–Crippen MR) is 85.2 cm³/mol. The predicted octanol–water partition coefficient (Wildman–Crippen LogP) is 3.74. The van der Waals surface area contributed by atoms with Crippen molar-refractivity contribution in [2.75, 3.05) is 0 Å². The van der Waals surface area contributed by atoms with Crippen molar-refractivity contribution < 1.29 is 9.90 Å². The standard InChI is InChI=1S/C16H13ClN2O2/c17-14-4-6-15(7-5-14)19-10-13(9-18)11-2-1-3-12(8-11)16(20)21/h1-10H,18H2,(H,20,21). The highest BCUT2D eigenvalue weighted by molar-refractivity contribution is 6.30. The number of carboxylic acid groups (broad SMARTS) is 1. The number of aliphatic imine (C=N–C) groups is 1. The summed E-state index contributed by atoms with van der Waals surface area (Å²) in [7, 11) is 0. The van der Waals surface area contributed by atoms with Crippen molar-refractivity contribution >= 4 is 35.0 Å². The summed E-state index contributed by atoms with van der Waals surface area (Å²) < 4.78 is 0. The molecule has 0 aromatic heterocycles. The second kappa shape index (κ2) is 6.72. The molecule has 0 aliphatic carbocycles. The first-order chi connectivity index (χ1) is 10.1. The largest absolute Gasteiger partial charge is 0.478 e. The second-order valence-corrected chi connectivity index (χ2v) is 4.68. The van der Waals surface area contributed by atoms with E-state index in [1.165, 1.54) is 12.3 Å². The average Bonchev–Trinajstić information content (AvgIpc) is 2.50. The Morgan fingerprint density at radius 1 is 1.14 bits per heavy atom. The van der Waals surface area contributed by atoms with Crippen molar-refractivity contribution in [1.29, 1.82) is 0 Å². The topological polar surface area (TPSA) is 75.7 Å². The number of benzene rings is 2. The molecule has 2 aromatic rings. The molecule has 0 radical (unpaired) electrons. The van der Waals surface area contributed by atoms with E-state index in [9.17, 15) is 4.79 Å². The summed E-state index contributed by atoms with van der Waals surface area (Å²) in [5.41, 5.74) is 7.85. The fourth-order valence-electron chi connectivity index (χ4n) is 1.72. The molecular formula is C16H13ClN2O2. The van der Waals surface area contributed by atoms with Crippen LogP contribution in [0.5, 0.6) is 0 Å². The SMILES string of the molecule is NC=C(C=Nc1ccc(Cl)cc1)c1cccc(C(=O)O)c1. The summed E-state index contributed by atoms with van der Waals surface area (Å²) in [5.74, 6) is -0.983. The number of rotatable bonds is 4. The van der Waals surface area contributed by atoms with Crippen LogP contribution in [0, 0.1) is 0 Å². The van der Waals surface area contributed by atoms with Crippen LogP contribution in [-0.4, -0.2) is 17.3 Å². The van der Waals surface area contributed by atoms with Gasteiger partial charge in [0.1, 0.15) is 0 Å². The van der Waals surface area contributed by atoms with Gasteiger partial charge in [-0.05, 0) is 42.0 Å². The van der Waals surface area contributed by atoms with Crippen molar-refractivity contribution in [2.24, 2.45) is 10.7 Å². The number of nitrogens with zero attached hydrogens (tertiary/aromatic N) is 1. The van der Waals surface area contributed by atoms with Crippen LogP contribution in [-0.2, 0) is 0 Å². The van der Waals surface area contributed by atoms with Gasteiger partial charge in [0.05, 0.1) is 11.3 Å². The van der Waals surface area contributed by atoms with Gasteiger partial charge in [0.15, 0.2) is 0 Å². The lowest BCUT2D eigenvalue weighted by molar-refractivity contribution is 0.0697. The monoisotopic (exact) mass is 300 g/mol. The maximum Gasteiger partial charge on any atom is 0.335 e. The number of nitrogens with two attached hydrogens (primary N) is 1. The van der Waals surface area contributed by atoms with Crippen LogP contribution < -0.4 is 5.73 Å². The fourth-order valence-corrected chi connectivity index (χ4v) is 1.84. The van der Waals surface area contributed by atoms with Crippen LogP contribution in [0.1, 0.15) is 15.9 Å². The van der Waals surface area contributed by atoms with Gasteiger partial charge in [0.25, 0.3) is 0 Å². The second-order valence-electron chi connectivity index (χ2n) is 4.24. The van der Waals surface area contributed by atoms with Gasteiger partial charge in [-0.15, -0.1) is 0 Å². The minimum Gasteiger partial charge on any atom is -0.478 e. The number of hydrogen-bond acceptors (Lipinski definition) is 3. The third-order valence-corrected chi connectivity index (χ3v) is 3.05. The molecule has 0 atom stereocenters. The molecule has 0 fully saturated rings. The fraction of sp³-hybridized carbons (Fsp3) is 0. The molecule has 2 aromatic carbocycles. The van der Waals surface area contributed by atoms with E-state index in [2.05, 4.69) is 4.99 Å². The summed E-state index contributed by atoms with van der Waals surface area (Å²) in [4.78, 5) is 15.3. The Labute approximate surface area is 127 Å². The summed E-state index contributed by atoms with van der Waals surface area (Å²) in [5, 5.41) is 9.64. The van der Waals surface area contributed by atoms with E-state index in [0.717, 1.165) is 5.69 Å². The van der Waals surface area contributed by atoms with E-state index in [1.54, 1.807) is 48.7 Å². The third kappa shape index (κ3) is 3.94. The number of carbonyl (C=O) groups is 1. The van der Waals surface area contributed by atoms with Gasteiger partial charge in [0, 0.05) is 23.0 Å². The number of hydrogen-bond donors (Lipinski definition) is 2. The normalized spacial score (nSPS) is 11.8. The Hall–Kier alpha value is -2.59. The third-order valence-electron chi connectivity index (χ3n) is 2.80. The van der Waals surface area contributed by atoms with E-state index in [0.29, 0.717) is 16.2 Å². The highest BCUT2D eigenvalue weighted by Crippen LogP contribution is 2.18. The van der Waals surface area contributed by atoms with Crippen molar-refractivity contribution in [3.63, 3.8) is 0 Å². The Morgan fingerprint density at radius 2 is 1.81 bits per heavy atom. The summed E-state index contributed by atoms with van der Waals surface area (Å²) in [6.07, 6.45) is 2.98. The smallest absolute Gasteiger partial charge is 0.335 e. The summed E-state index contributed by atoms with van der Waals surface area (Å²) in [6, 6.07) is 13.6. The van der Waals surface area contributed by atoms with Crippen LogP contribution in [0.25, 0.3) is 5.57 Å². The van der Waals surface area contributed by atoms with Crippen molar-refractivity contribution in [2.45, 2.75) is 0 Å². The molecule has 0 aliphatic heterocycles. The molecule has 2 rings (SSSR count). The molecule has 0 saturated carbocycles. The molecule has 0 unspecified atom stereocenters. The summed E-state index contributed by atoms with van der Waals surface area (Å²) >= 11 is 5.81. The molecule has 3 N–H and O–H groups in total. The first-order valence-corrected chi connectivity index (χ1v) is 6.53. The van der Waals surface area contributed by atoms with Crippen LogP contribution in [0.4, 0.5) is 5.69 Å². The van der Waals surface area contributed by atoms with Crippen molar-refractivity contribution in [1.82, 2.24) is 0 Å². The number of carboxylic acids is 1. The van der Waals surface area contributed by atoms with Gasteiger partial charge >= 0.3 is 5.97 Å². The maximum absolute atomic E-state index is 11.0. The van der Waals surface area contributed by atoms with Crippen LogP contribution in [0.15, 0.2) is 59.7 Å². The lowest BCUT2D eigenvalue weighted by Crippen LogP contribution is -1.98. The first-order valence-electron chi connectivity index (χ1n) is 6.15. The van der Waals surface area contributed by atoms with Crippen LogP contribution in [0.3, 0.4) is 0 Å². The maximum atomic E-state index is 11.0. The quantitative estimate of drug-likeness (QED) is 0.845. The zero-order valence-corrected chi connectivity index (χ0v) is 11.8. The van der Waals surface area contributed by atoms with Crippen LogP contribution >= 0.6 is 11.6 Å². The molecule has 0 aliphatic rings. The molecule has 4 nitrogen and oxygen atoms in total. The lowest BCUT2D eigenvalue weighted by atomic mass is 10.0. The van der Waals surface area contributed by atoms with Gasteiger partial charge in [-0.25, -0.2) is 4.79 Å². The Bertz CT molecular complexity index is 706. The van der Waals surface area contributed by atoms with Gasteiger partial charge in [0.2, 0.25) is 0 Å². The van der Waals surface area contributed by atoms with Crippen LogP contribution in [0.2, 0.25) is 5.02 Å². The molecule has 0 spiro atoms. The van der Waals surface area contributed by atoms with Gasteiger partial charge in [-0.3, -0.25) is 4.99 Å². The first kappa shape index (κ1) is 14.8. The minimum atomic E-state index is -0.983. The van der Waals surface area contributed by atoms with E-state index in [-0.39, 0.29) is 5.56 Å². The van der Waals surface area contributed by atoms with E-state index < -0.39 is 5.97 Å².